The van der Waals surface area contributed by atoms with Crippen LogP contribution in [0.5, 0.6) is 0 Å². The predicted molar refractivity (Wildman–Crippen MR) is 94.6 cm³/mol. The van der Waals surface area contributed by atoms with Crippen LogP contribution in [0.3, 0.4) is 0 Å². The minimum Gasteiger partial charge on any atom is -0.341 e. The summed E-state index contributed by atoms with van der Waals surface area (Å²) in [6.07, 6.45) is 1.30. The number of nitrogens with zero attached hydrogens (tertiary/aromatic N) is 4. The molecule has 1 aromatic heterocycles. The molecule has 6 nitrogen and oxygen atoms in total. The topological polar surface area (TPSA) is 58.4 Å². The summed E-state index contributed by atoms with van der Waals surface area (Å²) < 4.78 is 1.21. The maximum absolute atomic E-state index is 12.5. The average molecular weight is 326 g/mol. The maximum atomic E-state index is 12.5. The Morgan fingerprint density at radius 1 is 1.17 bits per heavy atom. The van der Waals surface area contributed by atoms with Gasteiger partial charge in [-0.2, -0.15) is 0 Å². The highest BCUT2D eigenvalue weighted by Gasteiger charge is 2.25. The molecule has 3 rings (SSSR count). The summed E-state index contributed by atoms with van der Waals surface area (Å²) in [4.78, 5) is 33.4. The zero-order valence-electron chi connectivity index (χ0n) is 14.1. The number of carbonyl (C=O) groups is 1. The number of hydrogen-bond donors (Lipinski definition) is 0. The SMILES string of the molecule is CN(C)CCCN1CCC(=O)n2c1nc(-c1ccccc1)cc2=O. The fourth-order valence-electron chi connectivity index (χ4n) is 2.91. The summed E-state index contributed by atoms with van der Waals surface area (Å²) in [6, 6.07) is 11.0. The molecule has 24 heavy (non-hydrogen) atoms. The van der Waals surface area contributed by atoms with E-state index < -0.39 is 0 Å². The van der Waals surface area contributed by atoms with Crippen LogP contribution in [-0.2, 0) is 0 Å². The highest BCUT2D eigenvalue weighted by molar-refractivity contribution is 5.84. The quantitative estimate of drug-likeness (QED) is 0.837. The van der Waals surface area contributed by atoms with Gasteiger partial charge in [0, 0.05) is 31.1 Å². The summed E-state index contributed by atoms with van der Waals surface area (Å²) in [5.41, 5.74) is 1.18. The molecule has 1 aliphatic rings. The molecule has 0 unspecified atom stereocenters. The third kappa shape index (κ3) is 3.38. The number of benzene rings is 1. The average Bonchev–Trinajstić information content (AvgIpc) is 2.57. The third-order valence-corrected chi connectivity index (χ3v) is 4.13. The molecule has 1 aliphatic heterocycles. The number of carbonyl (C=O) groups excluding carboxylic acids is 1. The number of rotatable bonds is 5. The summed E-state index contributed by atoms with van der Waals surface area (Å²) >= 11 is 0. The monoisotopic (exact) mass is 326 g/mol. The van der Waals surface area contributed by atoms with Gasteiger partial charge in [-0.15, -0.1) is 0 Å². The lowest BCUT2D eigenvalue weighted by Crippen LogP contribution is -2.43. The largest absolute Gasteiger partial charge is 0.341 e. The van der Waals surface area contributed by atoms with Crippen LogP contribution in [-0.4, -0.2) is 54.1 Å². The minimum absolute atomic E-state index is 0.175. The molecule has 0 bridgehead atoms. The minimum atomic E-state index is -0.304. The van der Waals surface area contributed by atoms with Gasteiger partial charge in [0.1, 0.15) is 0 Å². The predicted octanol–water partition coefficient (Wildman–Crippen LogP) is 1.71. The van der Waals surface area contributed by atoms with Gasteiger partial charge in [0.2, 0.25) is 11.9 Å². The molecule has 0 saturated heterocycles. The standard InChI is InChI=1S/C18H22N4O2/c1-20(2)10-6-11-21-12-9-16(23)22-17(24)13-15(19-18(21)22)14-7-4-3-5-8-14/h3-5,7-8,13H,6,9-12H2,1-2H3. The van der Waals surface area contributed by atoms with Crippen LogP contribution in [0.2, 0.25) is 0 Å². The summed E-state index contributed by atoms with van der Waals surface area (Å²) in [7, 11) is 4.06. The molecule has 0 spiro atoms. The van der Waals surface area contributed by atoms with E-state index in [1.165, 1.54) is 10.6 Å². The zero-order valence-corrected chi connectivity index (χ0v) is 14.1. The van der Waals surface area contributed by atoms with Crippen molar-refractivity contribution in [2.45, 2.75) is 12.8 Å². The van der Waals surface area contributed by atoms with E-state index >= 15 is 0 Å². The summed E-state index contributed by atoms with van der Waals surface area (Å²) in [5, 5.41) is 0. The third-order valence-electron chi connectivity index (χ3n) is 4.13. The van der Waals surface area contributed by atoms with E-state index in [0.717, 1.165) is 25.1 Å². The lowest BCUT2D eigenvalue weighted by Gasteiger charge is -2.30. The van der Waals surface area contributed by atoms with E-state index in [2.05, 4.69) is 9.88 Å². The molecule has 0 N–H and O–H groups in total. The van der Waals surface area contributed by atoms with Crippen molar-refractivity contribution in [3.63, 3.8) is 0 Å². The van der Waals surface area contributed by atoms with Crippen molar-refractivity contribution in [2.24, 2.45) is 0 Å². The van der Waals surface area contributed by atoms with E-state index in [1.54, 1.807) is 0 Å². The van der Waals surface area contributed by atoms with Crippen molar-refractivity contribution in [2.75, 3.05) is 38.6 Å². The van der Waals surface area contributed by atoms with Gasteiger partial charge in [-0.3, -0.25) is 9.59 Å². The molecule has 1 aromatic carbocycles. The van der Waals surface area contributed by atoms with Gasteiger partial charge in [-0.1, -0.05) is 30.3 Å². The highest BCUT2D eigenvalue weighted by atomic mass is 16.2. The normalized spacial score (nSPS) is 14.1. The molecular weight excluding hydrogens is 304 g/mol. The van der Waals surface area contributed by atoms with E-state index in [9.17, 15) is 9.59 Å². The van der Waals surface area contributed by atoms with Crippen molar-refractivity contribution in [3.05, 3.63) is 46.8 Å². The van der Waals surface area contributed by atoms with E-state index in [-0.39, 0.29) is 11.5 Å². The van der Waals surface area contributed by atoms with Gasteiger partial charge >= 0.3 is 0 Å². The van der Waals surface area contributed by atoms with Gasteiger partial charge in [-0.25, -0.2) is 9.55 Å². The van der Waals surface area contributed by atoms with Crippen LogP contribution in [0.15, 0.2) is 41.2 Å². The Kier molecular flexibility index (Phi) is 4.76. The molecule has 0 fully saturated rings. The Labute approximate surface area is 141 Å². The van der Waals surface area contributed by atoms with Gasteiger partial charge in [-0.05, 0) is 27.1 Å². The Balaban J connectivity index is 1.97. The first-order chi connectivity index (χ1) is 11.6. The van der Waals surface area contributed by atoms with E-state index in [4.69, 9.17) is 0 Å². The molecule has 2 heterocycles. The molecule has 6 heteroatoms. The highest BCUT2D eigenvalue weighted by Crippen LogP contribution is 2.22. The molecule has 2 aromatic rings. The van der Waals surface area contributed by atoms with E-state index in [0.29, 0.717) is 24.6 Å². The molecule has 0 amide bonds. The molecule has 0 saturated carbocycles. The number of fused-ring (bicyclic) bond motifs is 1. The van der Waals surface area contributed by atoms with E-state index in [1.807, 2.05) is 49.3 Å². The fraction of sp³-hybridized carbons (Fsp3) is 0.389. The van der Waals surface area contributed by atoms with Gasteiger partial charge < -0.3 is 9.80 Å². The second-order valence-electron chi connectivity index (χ2n) is 6.27. The van der Waals surface area contributed by atoms with Crippen LogP contribution in [0, 0.1) is 0 Å². The molecule has 0 aliphatic carbocycles. The first-order valence-corrected chi connectivity index (χ1v) is 8.18. The van der Waals surface area contributed by atoms with Crippen LogP contribution in [0.1, 0.15) is 17.6 Å². The van der Waals surface area contributed by atoms with Gasteiger partial charge in [0.05, 0.1) is 5.69 Å². The van der Waals surface area contributed by atoms with Crippen molar-refractivity contribution in [1.29, 1.82) is 0 Å². The Bertz CT molecular complexity index is 783. The Hall–Kier alpha value is -2.47. The molecule has 0 atom stereocenters. The van der Waals surface area contributed by atoms with Crippen LogP contribution in [0.4, 0.5) is 5.95 Å². The van der Waals surface area contributed by atoms with Gasteiger partial charge in [0.15, 0.2) is 0 Å². The molecular formula is C18H22N4O2. The summed E-state index contributed by atoms with van der Waals surface area (Å²) in [5.74, 6) is 0.294. The Morgan fingerprint density at radius 3 is 2.62 bits per heavy atom. The lowest BCUT2D eigenvalue weighted by atomic mass is 10.1. The maximum Gasteiger partial charge on any atom is 0.262 e. The second-order valence-corrected chi connectivity index (χ2v) is 6.27. The van der Waals surface area contributed by atoms with Crippen molar-refractivity contribution >= 4 is 11.9 Å². The first-order valence-electron chi connectivity index (χ1n) is 8.18. The second kappa shape index (κ2) is 6.97. The zero-order chi connectivity index (χ0) is 17.1. The molecule has 0 radical (unpaired) electrons. The van der Waals surface area contributed by atoms with Gasteiger partial charge in [0.25, 0.3) is 5.56 Å². The first kappa shape index (κ1) is 16.4. The van der Waals surface area contributed by atoms with Crippen LogP contribution >= 0.6 is 0 Å². The fourth-order valence-corrected chi connectivity index (χ4v) is 2.91. The number of anilines is 1. The van der Waals surface area contributed by atoms with Crippen LogP contribution < -0.4 is 10.5 Å². The molecule has 126 valence electrons. The smallest absolute Gasteiger partial charge is 0.262 e. The number of aromatic nitrogens is 2. The lowest BCUT2D eigenvalue weighted by molar-refractivity contribution is 0.0890. The summed E-state index contributed by atoms with van der Waals surface area (Å²) in [6.45, 7) is 2.33. The van der Waals surface area contributed by atoms with Crippen molar-refractivity contribution < 1.29 is 4.79 Å². The Morgan fingerprint density at radius 2 is 1.92 bits per heavy atom. The van der Waals surface area contributed by atoms with Crippen molar-refractivity contribution in [1.82, 2.24) is 14.5 Å². The number of hydrogen-bond acceptors (Lipinski definition) is 5. The van der Waals surface area contributed by atoms with Crippen LogP contribution in [0.25, 0.3) is 11.3 Å². The van der Waals surface area contributed by atoms with Crippen molar-refractivity contribution in [3.8, 4) is 11.3 Å².